The molecule has 0 aliphatic carbocycles. The largest absolute Gasteiger partial charge is 0.490 e. The Morgan fingerprint density at radius 3 is 2.71 bits per heavy atom. The van der Waals surface area contributed by atoms with Crippen molar-refractivity contribution in [3.8, 4) is 17.0 Å². The van der Waals surface area contributed by atoms with Crippen LogP contribution in [0.5, 0.6) is 5.75 Å². The van der Waals surface area contributed by atoms with Crippen molar-refractivity contribution >= 4 is 0 Å². The smallest absolute Gasteiger partial charge is 0.251 e. The lowest BCUT2D eigenvalue weighted by molar-refractivity contribution is 0.146. The maximum atomic E-state index is 11.8. The summed E-state index contributed by atoms with van der Waals surface area (Å²) in [5, 5.41) is 0. The Balaban J connectivity index is 2.39. The highest BCUT2D eigenvalue weighted by Gasteiger charge is 2.11. The lowest BCUT2D eigenvalue weighted by Gasteiger charge is -2.12. The number of ether oxygens (including phenoxy) is 2. The van der Waals surface area contributed by atoms with Crippen LogP contribution in [0.25, 0.3) is 11.3 Å². The molecule has 0 fully saturated rings. The molecule has 21 heavy (non-hydrogen) atoms. The van der Waals surface area contributed by atoms with Crippen LogP contribution in [-0.2, 0) is 4.74 Å². The molecular formula is C16H20N2O3. The molecule has 0 aliphatic heterocycles. The van der Waals surface area contributed by atoms with E-state index in [0.717, 1.165) is 5.56 Å². The highest BCUT2D eigenvalue weighted by atomic mass is 16.5. The molecule has 0 unspecified atom stereocenters. The summed E-state index contributed by atoms with van der Waals surface area (Å²) in [7, 11) is 1.63. The van der Waals surface area contributed by atoms with Crippen LogP contribution in [-0.4, -0.2) is 30.3 Å². The standard InChI is InChI=1S/C16H20N2O3/c1-11(2)16-17-13(10-15(19)18-16)12-6-4-5-7-14(12)21-9-8-20-3/h4-7,10-11H,8-9H2,1-3H3,(H,17,18,19). The summed E-state index contributed by atoms with van der Waals surface area (Å²) in [5.41, 5.74) is 1.27. The van der Waals surface area contributed by atoms with Gasteiger partial charge in [0.25, 0.3) is 5.56 Å². The first-order chi connectivity index (χ1) is 10.1. The van der Waals surface area contributed by atoms with E-state index in [1.54, 1.807) is 7.11 Å². The van der Waals surface area contributed by atoms with E-state index in [4.69, 9.17) is 9.47 Å². The highest BCUT2D eigenvalue weighted by molar-refractivity contribution is 5.66. The molecule has 2 rings (SSSR count). The van der Waals surface area contributed by atoms with Crippen molar-refractivity contribution in [2.75, 3.05) is 20.3 Å². The summed E-state index contributed by atoms with van der Waals surface area (Å²) in [6.07, 6.45) is 0. The minimum absolute atomic E-state index is 0.152. The summed E-state index contributed by atoms with van der Waals surface area (Å²) in [6, 6.07) is 9.04. The van der Waals surface area contributed by atoms with Gasteiger partial charge in [0.1, 0.15) is 18.2 Å². The molecule has 5 nitrogen and oxygen atoms in total. The average Bonchev–Trinajstić information content (AvgIpc) is 2.47. The molecule has 0 saturated carbocycles. The highest BCUT2D eigenvalue weighted by Crippen LogP contribution is 2.28. The number of methoxy groups -OCH3 is 1. The third-order valence-corrected chi connectivity index (χ3v) is 3.01. The van der Waals surface area contributed by atoms with Crippen molar-refractivity contribution < 1.29 is 9.47 Å². The van der Waals surface area contributed by atoms with E-state index in [1.807, 2.05) is 38.1 Å². The molecule has 1 aromatic carbocycles. The topological polar surface area (TPSA) is 64.2 Å². The van der Waals surface area contributed by atoms with E-state index in [2.05, 4.69) is 9.97 Å². The Morgan fingerprint density at radius 1 is 1.24 bits per heavy atom. The van der Waals surface area contributed by atoms with Gasteiger partial charge in [0.2, 0.25) is 0 Å². The Labute approximate surface area is 124 Å². The number of nitrogens with one attached hydrogen (secondary N) is 1. The Morgan fingerprint density at radius 2 is 2.00 bits per heavy atom. The number of rotatable bonds is 6. The van der Waals surface area contributed by atoms with E-state index in [9.17, 15) is 4.79 Å². The van der Waals surface area contributed by atoms with Crippen LogP contribution in [0.1, 0.15) is 25.6 Å². The third-order valence-electron chi connectivity index (χ3n) is 3.01. The van der Waals surface area contributed by atoms with Gasteiger partial charge in [0.05, 0.1) is 12.3 Å². The maximum Gasteiger partial charge on any atom is 0.251 e. The van der Waals surface area contributed by atoms with Gasteiger partial charge in [0, 0.05) is 24.7 Å². The van der Waals surface area contributed by atoms with Gasteiger partial charge >= 0.3 is 0 Å². The molecule has 112 valence electrons. The first-order valence-corrected chi connectivity index (χ1v) is 6.94. The minimum Gasteiger partial charge on any atom is -0.490 e. The molecule has 0 aliphatic rings. The van der Waals surface area contributed by atoms with E-state index < -0.39 is 0 Å². The van der Waals surface area contributed by atoms with Crippen LogP contribution >= 0.6 is 0 Å². The molecule has 0 saturated heterocycles. The van der Waals surface area contributed by atoms with Gasteiger partial charge in [-0.15, -0.1) is 0 Å². The fourth-order valence-corrected chi connectivity index (χ4v) is 1.93. The zero-order chi connectivity index (χ0) is 15.2. The molecule has 0 atom stereocenters. The van der Waals surface area contributed by atoms with Crippen molar-refractivity contribution in [3.05, 3.63) is 46.5 Å². The van der Waals surface area contributed by atoms with Crippen molar-refractivity contribution in [1.82, 2.24) is 9.97 Å². The van der Waals surface area contributed by atoms with Crippen molar-refractivity contribution in [2.45, 2.75) is 19.8 Å². The van der Waals surface area contributed by atoms with E-state index in [0.29, 0.717) is 30.5 Å². The number of benzene rings is 1. The molecule has 0 amide bonds. The predicted molar refractivity (Wildman–Crippen MR) is 81.8 cm³/mol. The lowest BCUT2D eigenvalue weighted by Crippen LogP contribution is -2.12. The monoisotopic (exact) mass is 288 g/mol. The van der Waals surface area contributed by atoms with Gasteiger partial charge in [-0.3, -0.25) is 4.79 Å². The second-order valence-corrected chi connectivity index (χ2v) is 5.01. The molecule has 5 heteroatoms. The van der Waals surface area contributed by atoms with Gasteiger partial charge in [0.15, 0.2) is 0 Å². The zero-order valence-corrected chi connectivity index (χ0v) is 12.6. The average molecular weight is 288 g/mol. The van der Waals surface area contributed by atoms with Crippen LogP contribution in [0, 0.1) is 0 Å². The van der Waals surface area contributed by atoms with Crippen molar-refractivity contribution in [3.63, 3.8) is 0 Å². The quantitative estimate of drug-likeness (QED) is 0.830. The number of H-pyrrole nitrogens is 1. The van der Waals surface area contributed by atoms with Gasteiger partial charge < -0.3 is 14.5 Å². The van der Waals surface area contributed by atoms with Crippen LogP contribution in [0.2, 0.25) is 0 Å². The van der Waals surface area contributed by atoms with E-state index >= 15 is 0 Å². The Bertz CT molecular complexity index is 650. The van der Waals surface area contributed by atoms with Crippen LogP contribution in [0.3, 0.4) is 0 Å². The number of hydrogen-bond donors (Lipinski definition) is 1. The molecule has 1 heterocycles. The van der Waals surface area contributed by atoms with Crippen LogP contribution < -0.4 is 10.3 Å². The number of aromatic nitrogens is 2. The van der Waals surface area contributed by atoms with E-state index in [1.165, 1.54) is 6.07 Å². The zero-order valence-electron chi connectivity index (χ0n) is 12.6. The Kier molecular flexibility index (Phi) is 5.11. The number of nitrogens with zero attached hydrogens (tertiary/aromatic N) is 1. The summed E-state index contributed by atoms with van der Waals surface area (Å²) < 4.78 is 10.7. The fourth-order valence-electron chi connectivity index (χ4n) is 1.93. The number of hydrogen-bond acceptors (Lipinski definition) is 4. The molecule has 0 spiro atoms. The van der Waals surface area contributed by atoms with Gasteiger partial charge in [-0.1, -0.05) is 26.0 Å². The predicted octanol–water partition coefficient (Wildman–Crippen LogP) is 2.59. The van der Waals surface area contributed by atoms with Crippen molar-refractivity contribution in [2.24, 2.45) is 0 Å². The minimum atomic E-state index is -0.157. The van der Waals surface area contributed by atoms with Gasteiger partial charge in [-0.25, -0.2) is 4.98 Å². The first-order valence-electron chi connectivity index (χ1n) is 6.94. The fraction of sp³-hybridized carbons (Fsp3) is 0.375. The number of aromatic amines is 1. The van der Waals surface area contributed by atoms with Crippen molar-refractivity contribution in [1.29, 1.82) is 0 Å². The van der Waals surface area contributed by atoms with Gasteiger partial charge in [-0.2, -0.15) is 0 Å². The Hall–Kier alpha value is -2.14. The summed E-state index contributed by atoms with van der Waals surface area (Å²) in [4.78, 5) is 19.1. The first kappa shape index (κ1) is 15.3. The van der Waals surface area contributed by atoms with Crippen LogP contribution in [0.4, 0.5) is 0 Å². The molecule has 0 bridgehead atoms. The molecule has 1 aromatic heterocycles. The second-order valence-electron chi connectivity index (χ2n) is 5.01. The summed E-state index contributed by atoms with van der Waals surface area (Å²) in [5.74, 6) is 1.52. The molecule has 2 aromatic rings. The maximum absolute atomic E-state index is 11.8. The molecular weight excluding hydrogens is 268 g/mol. The second kappa shape index (κ2) is 7.04. The van der Waals surface area contributed by atoms with Gasteiger partial charge in [-0.05, 0) is 12.1 Å². The summed E-state index contributed by atoms with van der Waals surface area (Å²) in [6.45, 7) is 4.94. The third kappa shape index (κ3) is 3.92. The van der Waals surface area contributed by atoms with Crippen LogP contribution in [0.15, 0.2) is 35.1 Å². The lowest BCUT2D eigenvalue weighted by atomic mass is 10.1. The number of para-hydroxylation sites is 1. The molecule has 0 radical (unpaired) electrons. The SMILES string of the molecule is COCCOc1ccccc1-c1cc(=O)[nH]c(C(C)C)n1. The summed E-state index contributed by atoms with van der Waals surface area (Å²) >= 11 is 0. The van der Waals surface area contributed by atoms with E-state index in [-0.39, 0.29) is 11.5 Å². The normalized spacial score (nSPS) is 10.9. The molecule has 1 N–H and O–H groups in total.